The van der Waals surface area contributed by atoms with Crippen LogP contribution in [0.15, 0.2) is 52.5 Å². The lowest BCUT2D eigenvalue weighted by Crippen LogP contribution is -2.01. The van der Waals surface area contributed by atoms with Crippen molar-refractivity contribution in [3.63, 3.8) is 0 Å². The van der Waals surface area contributed by atoms with E-state index >= 15 is 0 Å². The first-order valence-electron chi connectivity index (χ1n) is 4.25. The van der Waals surface area contributed by atoms with Crippen LogP contribution in [0.3, 0.4) is 0 Å². The van der Waals surface area contributed by atoms with Gasteiger partial charge in [0.25, 0.3) is 0 Å². The topological polar surface area (TPSA) is 49.9 Å². The fourth-order valence-corrected chi connectivity index (χ4v) is 3.01. The Hall–Kier alpha value is -1.26. The minimum Gasteiger partial charge on any atom is -0.366 e. The summed E-state index contributed by atoms with van der Waals surface area (Å²) in [5.74, 6) is 0. The second-order valence-electron chi connectivity index (χ2n) is 2.98. The van der Waals surface area contributed by atoms with Crippen molar-refractivity contribution in [2.75, 3.05) is 0 Å². The molecule has 0 aliphatic rings. The summed E-state index contributed by atoms with van der Waals surface area (Å²) in [6.45, 7) is 0. The van der Waals surface area contributed by atoms with Gasteiger partial charge in [-0.15, -0.1) is 0 Å². The zero-order chi connectivity index (χ0) is 10.9. The van der Waals surface area contributed by atoms with Gasteiger partial charge in [-0.2, -0.15) is 0 Å². The number of halogens is 1. The number of hydrogen-bond acceptors (Lipinski definition) is 2. The zero-order valence-electron chi connectivity index (χ0n) is 7.64. The summed E-state index contributed by atoms with van der Waals surface area (Å²) in [4.78, 5) is 3.05. The molecule has 1 aromatic heterocycles. The molecule has 0 atom stereocenters. The lowest BCUT2D eigenvalue weighted by Gasteiger charge is -2.03. The highest BCUT2D eigenvalue weighted by atomic mass is 35.5. The van der Waals surface area contributed by atoms with Gasteiger partial charge in [-0.3, -0.25) is 0 Å². The molecule has 0 aliphatic carbocycles. The Labute approximate surface area is 92.6 Å². The van der Waals surface area contributed by atoms with Gasteiger partial charge in [0.05, 0.1) is 14.8 Å². The molecule has 0 amide bonds. The van der Waals surface area contributed by atoms with Crippen LogP contribution in [0.4, 0.5) is 0 Å². The molecule has 1 heterocycles. The van der Waals surface area contributed by atoms with Gasteiger partial charge in [-0.05, 0) is 18.2 Å². The Balaban J connectivity index is 2.62. The Morgan fingerprint density at radius 3 is 2.47 bits per heavy atom. The standard InChI is InChI=1S/C10H8ClNO2S/c11-9-3-1-2-4-10(9)15(13,14)8-5-6-12-7-8/h1-7,12H. The van der Waals surface area contributed by atoms with Crippen molar-refractivity contribution in [1.29, 1.82) is 0 Å². The molecule has 78 valence electrons. The molecule has 3 nitrogen and oxygen atoms in total. The lowest BCUT2D eigenvalue weighted by atomic mass is 10.4. The van der Waals surface area contributed by atoms with Crippen molar-refractivity contribution >= 4 is 21.4 Å². The van der Waals surface area contributed by atoms with E-state index < -0.39 is 9.84 Å². The second-order valence-corrected chi connectivity index (χ2v) is 5.31. The van der Waals surface area contributed by atoms with Gasteiger partial charge >= 0.3 is 0 Å². The molecule has 0 radical (unpaired) electrons. The largest absolute Gasteiger partial charge is 0.366 e. The Morgan fingerprint density at radius 1 is 1.13 bits per heavy atom. The van der Waals surface area contributed by atoms with Crippen LogP contribution in [0.25, 0.3) is 0 Å². The summed E-state index contributed by atoms with van der Waals surface area (Å²) >= 11 is 5.84. The first kappa shape index (κ1) is 10.3. The fourth-order valence-electron chi connectivity index (χ4n) is 1.27. The predicted octanol–water partition coefficient (Wildman–Crippen LogP) is 2.50. The van der Waals surface area contributed by atoms with Gasteiger partial charge in [-0.25, -0.2) is 8.42 Å². The van der Waals surface area contributed by atoms with Crippen LogP contribution in [-0.4, -0.2) is 13.4 Å². The van der Waals surface area contributed by atoms with Crippen LogP contribution in [0.1, 0.15) is 0 Å². The van der Waals surface area contributed by atoms with Gasteiger partial charge in [0.2, 0.25) is 9.84 Å². The predicted molar refractivity (Wildman–Crippen MR) is 57.7 cm³/mol. The van der Waals surface area contributed by atoms with Crippen molar-refractivity contribution in [3.05, 3.63) is 47.7 Å². The van der Waals surface area contributed by atoms with E-state index in [2.05, 4.69) is 4.98 Å². The highest BCUT2D eigenvalue weighted by Gasteiger charge is 2.20. The molecule has 0 spiro atoms. The molecular formula is C10H8ClNO2S. The normalized spacial score (nSPS) is 11.5. The van der Waals surface area contributed by atoms with Crippen LogP contribution in [0.5, 0.6) is 0 Å². The van der Waals surface area contributed by atoms with Gasteiger partial charge in [0.1, 0.15) is 0 Å². The summed E-state index contributed by atoms with van der Waals surface area (Å²) in [5.41, 5.74) is 0. The van der Waals surface area contributed by atoms with E-state index in [0.29, 0.717) is 0 Å². The first-order chi connectivity index (χ1) is 7.12. The minimum absolute atomic E-state index is 0.131. The smallest absolute Gasteiger partial charge is 0.209 e. The molecule has 1 aromatic carbocycles. The number of aromatic amines is 1. The maximum absolute atomic E-state index is 12.0. The molecule has 0 aliphatic heterocycles. The van der Waals surface area contributed by atoms with E-state index in [1.165, 1.54) is 18.3 Å². The molecule has 0 fully saturated rings. The molecule has 1 N–H and O–H groups in total. The molecular weight excluding hydrogens is 234 g/mol. The number of aromatic nitrogens is 1. The monoisotopic (exact) mass is 241 g/mol. The number of nitrogens with one attached hydrogen (secondary N) is 1. The fraction of sp³-hybridized carbons (Fsp3) is 0. The average Bonchev–Trinajstić information content (AvgIpc) is 2.71. The lowest BCUT2D eigenvalue weighted by molar-refractivity contribution is 0.596. The Bertz CT molecular complexity index is 561. The van der Waals surface area contributed by atoms with E-state index in [4.69, 9.17) is 11.6 Å². The number of rotatable bonds is 2. The van der Waals surface area contributed by atoms with Gasteiger partial charge < -0.3 is 4.98 Å². The SMILES string of the molecule is O=S(=O)(c1cc[nH]c1)c1ccccc1Cl. The number of sulfone groups is 1. The van der Waals surface area contributed by atoms with E-state index in [9.17, 15) is 8.42 Å². The van der Waals surface area contributed by atoms with Crippen molar-refractivity contribution in [3.8, 4) is 0 Å². The van der Waals surface area contributed by atoms with E-state index in [1.807, 2.05) is 0 Å². The van der Waals surface area contributed by atoms with Crippen LogP contribution in [0, 0.1) is 0 Å². The zero-order valence-corrected chi connectivity index (χ0v) is 9.22. The highest BCUT2D eigenvalue weighted by molar-refractivity contribution is 7.91. The number of H-pyrrole nitrogens is 1. The number of benzene rings is 1. The summed E-state index contributed by atoms with van der Waals surface area (Å²) in [5, 5.41) is 0.235. The van der Waals surface area contributed by atoms with Crippen LogP contribution < -0.4 is 0 Å². The van der Waals surface area contributed by atoms with Crippen molar-refractivity contribution in [1.82, 2.24) is 4.98 Å². The van der Waals surface area contributed by atoms with Crippen molar-refractivity contribution in [2.24, 2.45) is 0 Å². The van der Waals surface area contributed by atoms with E-state index in [-0.39, 0.29) is 14.8 Å². The van der Waals surface area contributed by atoms with E-state index in [1.54, 1.807) is 24.4 Å². The quantitative estimate of drug-likeness (QED) is 0.878. The molecule has 0 saturated carbocycles. The molecule has 0 saturated heterocycles. The summed E-state index contributed by atoms with van der Waals surface area (Å²) in [7, 11) is -3.49. The van der Waals surface area contributed by atoms with Gasteiger partial charge in [0.15, 0.2) is 0 Å². The Kier molecular flexibility index (Phi) is 2.54. The molecule has 15 heavy (non-hydrogen) atoms. The maximum atomic E-state index is 12.0. The van der Waals surface area contributed by atoms with Crippen LogP contribution in [0.2, 0.25) is 5.02 Å². The van der Waals surface area contributed by atoms with Crippen LogP contribution >= 0.6 is 11.6 Å². The second kappa shape index (κ2) is 3.72. The number of hydrogen-bond donors (Lipinski definition) is 1. The third kappa shape index (κ3) is 1.78. The molecule has 2 aromatic rings. The molecule has 2 rings (SSSR count). The third-order valence-electron chi connectivity index (χ3n) is 2.01. The first-order valence-corrected chi connectivity index (χ1v) is 6.11. The average molecular weight is 242 g/mol. The van der Waals surface area contributed by atoms with Crippen molar-refractivity contribution < 1.29 is 8.42 Å². The summed E-state index contributed by atoms with van der Waals surface area (Å²) < 4.78 is 24.0. The summed E-state index contributed by atoms with van der Waals surface area (Å²) in [6.07, 6.45) is 2.99. The van der Waals surface area contributed by atoms with Gasteiger partial charge in [-0.1, -0.05) is 23.7 Å². The Morgan fingerprint density at radius 2 is 1.87 bits per heavy atom. The maximum Gasteiger partial charge on any atom is 0.209 e. The van der Waals surface area contributed by atoms with Gasteiger partial charge in [0, 0.05) is 12.4 Å². The highest BCUT2D eigenvalue weighted by Crippen LogP contribution is 2.26. The van der Waals surface area contributed by atoms with Crippen molar-refractivity contribution in [2.45, 2.75) is 9.79 Å². The van der Waals surface area contributed by atoms with E-state index in [0.717, 1.165) is 0 Å². The molecule has 0 bridgehead atoms. The third-order valence-corrected chi connectivity index (χ3v) is 4.26. The van der Waals surface area contributed by atoms with Crippen LogP contribution in [-0.2, 0) is 9.84 Å². The molecule has 5 heteroatoms. The summed E-state index contributed by atoms with van der Waals surface area (Å²) in [6, 6.07) is 7.88. The minimum atomic E-state index is -3.49. The molecule has 0 unspecified atom stereocenters.